The third kappa shape index (κ3) is 8.32. The van der Waals surface area contributed by atoms with Gasteiger partial charge in [0.2, 0.25) is 5.91 Å². The Kier molecular flexibility index (Phi) is 10.7. The quantitative estimate of drug-likeness (QED) is 0.247. The second-order valence-electron chi connectivity index (χ2n) is 9.56. The highest BCUT2D eigenvalue weighted by atomic mass is 79.9. The first-order chi connectivity index (χ1) is 18.4. The zero-order valence-corrected chi connectivity index (χ0v) is 25.0. The Morgan fingerprint density at radius 3 is 2.29 bits per heavy atom. The van der Waals surface area contributed by atoms with Crippen molar-refractivity contribution < 1.29 is 14.3 Å². The minimum Gasteiger partial charge on any atom is -0.482 e. The Labute approximate surface area is 246 Å². The molecule has 3 aromatic carbocycles. The summed E-state index contributed by atoms with van der Waals surface area (Å²) in [7, 11) is 0. The standard InChI is InChI=1S/C30H31Br2ClN2O3/c31-23-13-11-22(12-14-23)19-35(29(36)20-38-28-16-15-24(32)18-26(28)33)27(17-21-7-3-1-4-8-21)30(37)34-25-9-5-2-6-10-25/h1,3-4,7-8,11-16,18,25,27H,2,5-6,9-10,17,19-20H2,(H,34,37). The minimum atomic E-state index is -0.695. The highest BCUT2D eigenvalue weighted by Gasteiger charge is 2.32. The third-order valence-corrected chi connectivity index (χ3v) is 8.05. The molecule has 1 atom stereocenters. The number of rotatable bonds is 10. The zero-order valence-electron chi connectivity index (χ0n) is 21.0. The minimum absolute atomic E-state index is 0.132. The number of hydrogen-bond donors (Lipinski definition) is 1. The summed E-state index contributed by atoms with van der Waals surface area (Å²) in [5, 5.41) is 3.66. The van der Waals surface area contributed by atoms with Gasteiger partial charge in [0, 0.05) is 28.0 Å². The van der Waals surface area contributed by atoms with E-state index in [-0.39, 0.29) is 31.0 Å². The maximum atomic E-state index is 13.8. The van der Waals surface area contributed by atoms with Crippen LogP contribution < -0.4 is 10.1 Å². The van der Waals surface area contributed by atoms with Gasteiger partial charge >= 0.3 is 0 Å². The summed E-state index contributed by atoms with van der Waals surface area (Å²) >= 11 is 13.2. The first kappa shape index (κ1) is 28.7. The number of nitrogens with one attached hydrogen (secondary N) is 1. The van der Waals surface area contributed by atoms with Crippen molar-refractivity contribution >= 4 is 55.3 Å². The molecular formula is C30H31Br2ClN2O3. The molecule has 2 amide bonds. The van der Waals surface area contributed by atoms with Crippen LogP contribution in [0, 0.1) is 0 Å². The lowest BCUT2D eigenvalue weighted by atomic mass is 9.94. The van der Waals surface area contributed by atoms with Gasteiger partial charge in [0.1, 0.15) is 11.8 Å². The monoisotopic (exact) mass is 660 g/mol. The van der Waals surface area contributed by atoms with E-state index in [9.17, 15) is 9.59 Å². The van der Waals surface area contributed by atoms with Gasteiger partial charge < -0.3 is 15.0 Å². The second kappa shape index (κ2) is 14.2. The molecule has 5 nitrogen and oxygen atoms in total. The molecule has 1 fully saturated rings. The number of carbonyl (C=O) groups excluding carboxylic acids is 2. The van der Waals surface area contributed by atoms with E-state index in [4.69, 9.17) is 16.3 Å². The Morgan fingerprint density at radius 1 is 0.921 bits per heavy atom. The summed E-state index contributed by atoms with van der Waals surface area (Å²) in [6, 6.07) is 22.3. The molecule has 1 aliphatic rings. The van der Waals surface area contributed by atoms with Crippen LogP contribution in [0.5, 0.6) is 5.75 Å². The highest BCUT2D eigenvalue weighted by Crippen LogP contribution is 2.28. The molecule has 38 heavy (non-hydrogen) atoms. The van der Waals surface area contributed by atoms with Crippen molar-refractivity contribution in [1.29, 1.82) is 0 Å². The molecule has 0 aliphatic heterocycles. The highest BCUT2D eigenvalue weighted by molar-refractivity contribution is 9.10. The van der Waals surface area contributed by atoms with Crippen LogP contribution in [0.25, 0.3) is 0 Å². The van der Waals surface area contributed by atoms with Crippen LogP contribution in [0.15, 0.2) is 81.7 Å². The molecule has 4 rings (SSSR count). The lowest BCUT2D eigenvalue weighted by Crippen LogP contribution is -2.53. The van der Waals surface area contributed by atoms with Crippen molar-refractivity contribution in [3.05, 3.63) is 97.9 Å². The van der Waals surface area contributed by atoms with Crippen LogP contribution in [0.2, 0.25) is 5.02 Å². The van der Waals surface area contributed by atoms with E-state index >= 15 is 0 Å². The topological polar surface area (TPSA) is 58.6 Å². The van der Waals surface area contributed by atoms with E-state index < -0.39 is 6.04 Å². The van der Waals surface area contributed by atoms with Gasteiger partial charge in [-0.3, -0.25) is 9.59 Å². The van der Waals surface area contributed by atoms with Gasteiger partial charge in [-0.1, -0.05) is 105 Å². The lowest BCUT2D eigenvalue weighted by Gasteiger charge is -2.33. The van der Waals surface area contributed by atoms with Crippen molar-refractivity contribution in [2.24, 2.45) is 0 Å². The molecule has 0 heterocycles. The average Bonchev–Trinajstić information content (AvgIpc) is 2.92. The Balaban J connectivity index is 1.61. The predicted octanol–water partition coefficient (Wildman–Crippen LogP) is 7.33. The number of carbonyl (C=O) groups is 2. The van der Waals surface area contributed by atoms with E-state index in [1.807, 2.05) is 54.6 Å². The van der Waals surface area contributed by atoms with Crippen molar-refractivity contribution in [1.82, 2.24) is 10.2 Å². The zero-order chi connectivity index (χ0) is 26.9. The second-order valence-corrected chi connectivity index (χ2v) is 11.8. The van der Waals surface area contributed by atoms with Crippen molar-refractivity contribution in [2.75, 3.05) is 6.61 Å². The van der Waals surface area contributed by atoms with Gasteiger partial charge in [0.25, 0.3) is 5.91 Å². The molecule has 1 unspecified atom stereocenters. The molecule has 200 valence electrons. The maximum Gasteiger partial charge on any atom is 0.261 e. The number of halogens is 3. The summed E-state index contributed by atoms with van der Waals surface area (Å²) in [5.41, 5.74) is 1.91. The number of amides is 2. The van der Waals surface area contributed by atoms with E-state index in [0.717, 1.165) is 45.8 Å². The molecule has 0 bridgehead atoms. The van der Waals surface area contributed by atoms with E-state index in [1.165, 1.54) is 6.42 Å². The fourth-order valence-corrected chi connectivity index (χ4v) is 5.69. The van der Waals surface area contributed by atoms with Crippen LogP contribution in [-0.2, 0) is 22.6 Å². The van der Waals surface area contributed by atoms with Crippen LogP contribution in [0.4, 0.5) is 0 Å². The third-order valence-electron chi connectivity index (χ3n) is 6.73. The van der Waals surface area contributed by atoms with Gasteiger partial charge in [-0.05, 0) is 54.3 Å². The molecule has 8 heteroatoms. The molecule has 1 N–H and O–H groups in total. The normalized spacial score (nSPS) is 14.5. The van der Waals surface area contributed by atoms with Crippen molar-refractivity contribution in [3.63, 3.8) is 0 Å². The molecule has 0 aromatic heterocycles. The Bertz CT molecular complexity index is 1220. The Hall–Kier alpha value is -2.35. The molecule has 1 saturated carbocycles. The van der Waals surface area contributed by atoms with Gasteiger partial charge in [-0.25, -0.2) is 0 Å². The van der Waals surface area contributed by atoms with Gasteiger partial charge in [0.05, 0.1) is 5.02 Å². The number of hydrogen-bond acceptors (Lipinski definition) is 3. The SMILES string of the molecule is O=C(NC1CCCCC1)C(Cc1ccccc1)N(Cc1ccc(Br)cc1)C(=O)COc1ccc(Br)cc1Cl. The van der Waals surface area contributed by atoms with Crippen LogP contribution in [0.3, 0.4) is 0 Å². The fraction of sp³-hybridized carbons (Fsp3) is 0.333. The molecule has 0 radical (unpaired) electrons. The van der Waals surface area contributed by atoms with Crippen LogP contribution in [-0.4, -0.2) is 35.4 Å². The molecule has 3 aromatic rings. The lowest BCUT2D eigenvalue weighted by molar-refractivity contribution is -0.143. The number of ether oxygens (including phenoxy) is 1. The average molecular weight is 663 g/mol. The molecule has 0 spiro atoms. The summed E-state index contributed by atoms with van der Waals surface area (Å²) in [4.78, 5) is 29.2. The van der Waals surface area contributed by atoms with Crippen molar-refractivity contribution in [3.8, 4) is 5.75 Å². The largest absolute Gasteiger partial charge is 0.482 e. The van der Waals surface area contributed by atoms with E-state index in [1.54, 1.807) is 23.1 Å². The number of benzene rings is 3. The summed E-state index contributed by atoms with van der Waals surface area (Å²) in [6.07, 6.45) is 5.76. The first-order valence-corrected chi connectivity index (χ1v) is 14.8. The van der Waals surface area contributed by atoms with Gasteiger partial charge in [0.15, 0.2) is 6.61 Å². The van der Waals surface area contributed by atoms with Gasteiger partial charge in [-0.15, -0.1) is 0 Å². The smallest absolute Gasteiger partial charge is 0.261 e. The predicted molar refractivity (Wildman–Crippen MR) is 158 cm³/mol. The molecule has 1 aliphatic carbocycles. The Morgan fingerprint density at radius 2 is 1.61 bits per heavy atom. The summed E-state index contributed by atoms with van der Waals surface area (Å²) in [5.74, 6) is -0.00223. The first-order valence-electron chi connectivity index (χ1n) is 12.8. The maximum absolute atomic E-state index is 13.8. The summed E-state index contributed by atoms with van der Waals surface area (Å²) in [6.45, 7) is 0.0407. The fourth-order valence-electron chi connectivity index (χ4n) is 4.70. The molecule has 0 saturated heterocycles. The summed E-state index contributed by atoms with van der Waals surface area (Å²) < 4.78 is 7.61. The van der Waals surface area contributed by atoms with Crippen LogP contribution in [0.1, 0.15) is 43.2 Å². The van der Waals surface area contributed by atoms with Gasteiger partial charge in [-0.2, -0.15) is 0 Å². The van der Waals surface area contributed by atoms with Crippen LogP contribution >= 0.6 is 43.5 Å². The van der Waals surface area contributed by atoms with Crippen molar-refractivity contribution in [2.45, 2.75) is 57.2 Å². The van der Waals surface area contributed by atoms with E-state index in [0.29, 0.717) is 17.2 Å². The van der Waals surface area contributed by atoms with E-state index in [2.05, 4.69) is 37.2 Å². The molecular weight excluding hydrogens is 632 g/mol. The number of nitrogens with zero attached hydrogens (tertiary/aromatic N) is 1.